The van der Waals surface area contributed by atoms with Crippen LogP contribution < -0.4 is 5.32 Å². The third kappa shape index (κ3) is 1.56. The summed E-state index contributed by atoms with van der Waals surface area (Å²) in [6.07, 6.45) is 3.58. The Balaban J connectivity index is 1.79. The molecule has 2 N–H and O–H groups in total. The van der Waals surface area contributed by atoms with Gasteiger partial charge in [0.1, 0.15) is 0 Å². The van der Waals surface area contributed by atoms with Crippen molar-refractivity contribution in [2.45, 2.75) is 57.0 Å². The number of benzene rings is 1. The molecule has 120 valence electrons. The number of aromatic nitrogens is 1. The van der Waals surface area contributed by atoms with Crippen LogP contribution in [-0.2, 0) is 5.41 Å². The number of carbonyl (C=O) groups is 1. The molecule has 2 heterocycles. The summed E-state index contributed by atoms with van der Waals surface area (Å²) < 4.78 is 0. The molecule has 0 spiro atoms. The van der Waals surface area contributed by atoms with Crippen molar-refractivity contribution >= 4 is 16.7 Å². The Morgan fingerprint density at radius 2 is 1.96 bits per heavy atom. The Bertz CT molecular complexity index is 833. The molecule has 1 saturated carbocycles. The second-order valence-corrected chi connectivity index (χ2v) is 8.62. The lowest BCUT2D eigenvalue weighted by Gasteiger charge is -2.58. The Morgan fingerprint density at radius 3 is 2.78 bits per heavy atom. The molecule has 0 unspecified atom stereocenters. The van der Waals surface area contributed by atoms with E-state index in [1.165, 1.54) is 25.0 Å². The van der Waals surface area contributed by atoms with Crippen molar-refractivity contribution in [2.24, 2.45) is 11.8 Å². The molecule has 1 aromatic carbocycles. The van der Waals surface area contributed by atoms with Crippen LogP contribution in [-0.4, -0.2) is 22.3 Å². The van der Waals surface area contributed by atoms with E-state index < -0.39 is 0 Å². The minimum absolute atomic E-state index is 0.0294. The van der Waals surface area contributed by atoms with Gasteiger partial charge in [-0.1, -0.05) is 25.1 Å². The van der Waals surface area contributed by atoms with Gasteiger partial charge in [-0.05, 0) is 51.0 Å². The van der Waals surface area contributed by atoms with Gasteiger partial charge in [0.25, 0.3) is 0 Å². The standard InChI is InChI=1S/C20H24N2O/c1-19(2)11-8-9-20(3)13(10-11)16(22-19)17(23)15-12-6-4-5-7-14(12)21-18(15)20/h4-7,11,13,16,21-22H,8-10H2,1-3H3/t11-,13+,16-,20+/m0/s1. The lowest BCUT2D eigenvalue weighted by atomic mass is 9.51. The van der Waals surface area contributed by atoms with E-state index in [1.807, 2.05) is 12.1 Å². The van der Waals surface area contributed by atoms with Crippen LogP contribution in [0.25, 0.3) is 10.9 Å². The van der Waals surface area contributed by atoms with Crippen LogP contribution in [0.15, 0.2) is 24.3 Å². The van der Waals surface area contributed by atoms with Crippen LogP contribution >= 0.6 is 0 Å². The molecule has 1 aromatic heterocycles. The molecule has 3 aliphatic rings. The molecule has 0 amide bonds. The normalized spacial score (nSPS) is 37.7. The van der Waals surface area contributed by atoms with Crippen LogP contribution in [0.4, 0.5) is 0 Å². The molecule has 1 aliphatic heterocycles. The van der Waals surface area contributed by atoms with Gasteiger partial charge in [0, 0.05) is 33.1 Å². The average molecular weight is 308 g/mol. The molecule has 3 nitrogen and oxygen atoms in total. The van der Waals surface area contributed by atoms with Crippen LogP contribution in [0.2, 0.25) is 0 Å². The lowest BCUT2D eigenvalue weighted by molar-refractivity contribution is 0.00379. The van der Waals surface area contributed by atoms with E-state index in [2.05, 4.69) is 43.2 Å². The summed E-state index contributed by atoms with van der Waals surface area (Å²) >= 11 is 0. The minimum atomic E-state index is -0.0294. The Morgan fingerprint density at radius 1 is 1.17 bits per heavy atom. The molecule has 2 aromatic rings. The number of para-hydroxylation sites is 1. The SMILES string of the molecule is CC1(C)N[C@@H]2C(=O)c3c([nH]c4ccccc34)[C@]3(C)CC[C@H]1C[C@H]23. The highest BCUT2D eigenvalue weighted by atomic mass is 16.1. The van der Waals surface area contributed by atoms with Crippen LogP contribution in [0.3, 0.4) is 0 Å². The number of hydrogen-bond donors (Lipinski definition) is 2. The predicted molar refractivity (Wildman–Crippen MR) is 91.8 cm³/mol. The van der Waals surface area contributed by atoms with Gasteiger partial charge in [-0.3, -0.25) is 4.79 Å². The maximum atomic E-state index is 13.3. The fourth-order valence-corrected chi connectivity index (χ4v) is 5.66. The average Bonchev–Trinajstić information content (AvgIpc) is 2.92. The van der Waals surface area contributed by atoms with E-state index in [0.717, 1.165) is 16.5 Å². The number of hydrogen-bond acceptors (Lipinski definition) is 2. The number of H-pyrrole nitrogens is 1. The number of nitrogens with one attached hydrogen (secondary N) is 2. The van der Waals surface area contributed by atoms with Crippen LogP contribution in [0, 0.1) is 11.8 Å². The molecule has 2 bridgehead atoms. The first-order chi connectivity index (χ1) is 10.9. The number of fused-ring (bicyclic) bond motifs is 5. The number of carbonyl (C=O) groups excluding carboxylic acids is 1. The fraction of sp³-hybridized carbons (Fsp3) is 0.550. The molecule has 3 heteroatoms. The zero-order valence-corrected chi connectivity index (χ0v) is 14.1. The van der Waals surface area contributed by atoms with Gasteiger partial charge in [-0.15, -0.1) is 0 Å². The molecular formula is C20H24N2O. The third-order valence-electron chi connectivity index (χ3n) is 7.13. The summed E-state index contributed by atoms with van der Waals surface area (Å²) in [5.74, 6) is 1.39. The predicted octanol–water partition coefficient (Wildman–Crippen LogP) is 3.79. The quantitative estimate of drug-likeness (QED) is 0.778. The van der Waals surface area contributed by atoms with Crippen molar-refractivity contribution in [3.8, 4) is 0 Å². The van der Waals surface area contributed by atoms with E-state index >= 15 is 0 Å². The summed E-state index contributed by atoms with van der Waals surface area (Å²) in [5.41, 5.74) is 3.40. The molecule has 2 fully saturated rings. The smallest absolute Gasteiger partial charge is 0.182 e. The Hall–Kier alpha value is -1.61. The number of aromatic amines is 1. The number of Topliss-reactive ketones (excluding diaryl/α,β-unsaturated/α-hetero) is 1. The van der Waals surface area contributed by atoms with Crippen molar-refractivity contribution < 1.29 is 4.79 Å². The number of piperidine rings is 1. The first kappa shape index (κ1) is 13.8. The highest BCUT2D eigenvalue weighted by Gasteiger charge is 2.58. The summed E-state index contributed by atoms with van der Waals surface area (Å²) in [6.45, 7) is 6.92. The zero-order chi connectivity index (χ0) is 16.0. The van der Waals surface area contributed by atoms with Gasteiger partial charge >= 0.3 is 0 Å². The first-order valence-corrected chi connectivity index (χ1v) is 8.85. The second kappa shape index (κ2) is 4.07. The second-order valence-electron chi connectivity index (χ2n) is 8.62. The van der Waals surface area contributed by atoms with E-state index in [9.17, 15) is 4.79 Å². The van der Waals surface area contributed by atoms with E-state index in [1.54, 1.807) is 0 Å². The number of ketones is 1. The van der Waals surface area contributed by atoms with Gasteiger partial charge in [-0.2, -0.15) is 0 Å². The van der Waals surface area contributed by atoms with Gasteiger partial charge in [0.2, 0.25) is 0 Å². The highest BCUT2D eigenvalue weighted by Crippen LogP contribution is 2.56. The van der Waals surface area contributed by atoms with Crippen LogP contribution in [0.5, 0.6) is 0 Å². The molecule has 0 radical (unpaired) electrons. The van der Waals surface area contributed by atoms with Gasteiger partial charge in [0.05, 0.1) is 6.04 Å². The van der Waals surface area contributed by atoms with E-state index in [4.69, 9.17) is 0 Å². The first-order valence-electron chi connectivity index (χ1n) is 8.85. The molecule has 1 saturated heterocycles. The molecule has 5 rings (SSSR count). The summed E-state index contributed by atoms with van der Waals surface area (Å²) in [4.78, 5) is 17.0. The molecular weight excluding hydrogens is 284 g/mol. The number of rotatable bonds is 0. The highest BCUT2D eigenvalue weighted by molar-refractivity contribution is 6.13. The Labute approximate surface area is 136 Å². The van der Waals surface area contributed by atoms with E-state index in [0.29, 0.717) is 17.6 Å². The molecule has 2 aliphatic carbocycles. The van der Waals surface area contributed by atoms with Gasteiger partial charge in [0.15, 0.2) is 5.78 Å². The van der Waals surface area contributed by atoms with Gasteiger partial charge < -0.3 is 10.3 Å². The monoisotopic (exact) mass is 308 g/mol. The summed E-state index contributed by atoms with van der Waals surface area (Å²) in [6, 6.07) is 8.23. The van der Waals surface area contributed by atoms with Crippen molar-refractivity contribution in [2.75, 3.05) is 0 Å². The molecule has 23 heavy (non-hydrogen) atoms. The van der Waals surface area contributed by atoms with Crippen molar-refractivity contribution in [3.63, 3.8) is 0 Å². The maximum Gasteiger partial charge on any atom is 0.182 e. The van der Waals surface area contributed by atoms with Gasteiger partial charge in [-0.25, -0.2) is 0 Å². The Kier molecular flexibility index (Phi) is 2.44. The fourth-order valence-electron chi connectivity index (χ4n) is 5.66. The van der Waals surface area contributed by atoms with Crippen LogP contribution in [0.1, 0.15) is 56.1 Å². The van der Waals surface area contributed by atoms with Crippen molar-refractivity contribution in [3.05, 3.63) is 35.5 Å². The topological polar surface area (TPSA) is 44.9 Å². The summed E-state index contributed by atoms with van der Waals surface area (Å²) in [5, 5.41) is 4.83. The summed E-state index contributed by atoms with van der Waals surface area (Å²) in [7, 11) is 0. The largest absolute Gasteiger partial charge is 0.357 e. The minimum Gasteiger partial charge on any atom is -0.357 e. The molecule has 4 atom stereocenters. The zero-order valence-electron chi connectivity index (χ0n) is 14.1. The lowest BCUT2D eigenvalue weighted by Crippen LogP contribution is -2.68. The third-order valence-corrected chi connectivity index (χ3v) is 7.13. The van der Waals surface area contributed by atoms with E-state index in [-0.39, 0.29) is 17.0 Å². The van der Waals surface area contributed by atoms with Crippen molar-refractivity contribution in [1.82, 2.24) is 10.3 Å². The van der Waals surface area contributed by atoms with Crippen molar-refractivity contribution in [1.29, 1.82) is 0 Å². The maximum absolute atomic E-state index is 13.3.